The fourth-order valence-electron chi connectivity index (χ4n) is 1.15. The average Bonchev–Trinajstić information content (AvgIpc) is 2.34. The Morgan fingerprint density at radius 1 is 1.31 bits per heavy atom. The van der Waals surface area contributed by atoms with Gasteiger partial charge in [-0.3, -0.25) is 4.79 Å². The summed E-state index contributed by atoms with van der Waals surface area (Å²) in [7, 11) is 0. The molecule has 0 aliphatic heterocycles. The molecule has 0 aliphatic carbocycles. The minimum atomic E-state index is -0.688. The molecule has 16 heavy (non-hydrogen) atoms. The summed E-state index contributed by atoms with van der Waals surface area (Å²) >= 11 is 0. The molecule has 0 radical (unpaired) electrons. The number of ether oxygens (including phenoxy) is 1. The molecule has 1 atom stereocenters. The highest BCUT2D eigenvalue weighted by Gasteiger charge is 2.14. The number of carbonyl (C=O) groups excluding carboxylic acids is 1. The zero-order chi connectivity index (χ0) is 11.8. The molecule has 1 rings (SSSR count). The summed E-state index contributed by atoms with van der Waals surface area (Å²) in [6.07, 6.45) is 0.351. The molecule has 5 heteroatoms. The number of benzene rings is 1. The Hall–Kier alpha value is -1.43. The lowest BCUT2D eigenvalue weighted by Gasteiger charge is -2.10. The third-order valence-electron chi connectivity index (χ3n) is 2.07. The van der Waals surface area contributed by atoms with E-state index in [1.165, 1.54) is 0 Å². The van der Waals surface area contributed by atoms with Crippen LogP contribution in [0.2, 0.25) is 0 Å². The molecule has 0 saturated heterocycles. The Morgan fingerprint density at radius 2 is 2.00 bits per heavy atom. The van der Waals surface area contributed by atoms with Gasteiger partial charge in [-0.15, -0.1) is 0 Å². The average molecular weight is 224 g/mol. The first-order valence-corrected chi connectivity index (χ1v) is 5.02. The van der Waals surface area contributed by atoms with Gasteiger partial charge in [-0.25, -0.2) is 5.90 Å². The van der Waals surface area contributed by atoms with Crippen LogP contribution in [0.25, 0.3) is 0 Å². The van der Waals surface area contributed by atoms with E-state index in [-0.39, 0.29) is 13.2 Å². The minimum absolute atomic E-state index is 0.233. The Labute approximate surface area is 94.3 Å². The molecule has 4 N–H and O–H groups in total. The molecule has 0 aromatic heterocycles. The predicted molar refractivity (Wildman–Crippen MR) is 59.0 cm³/mol. The normalized spacial score (nSPS) is 12.1. The zero-order valence-corrected chi connectivity index (χ0v) is 8.96. The predicted octanol–water partition coefficient (Wildman–Crippen LogP) is 0.338. The number of rotatable bonds is 6. The van der Waals surface area contributed by atoms with E-state index in [1.807, 2.05) is 30.3 Å². The van der Waals surface area contributed by atoms with E-state index in [2.05, 4.69) is 4.84 Å². The monoisotopic (exact) mass is 224 g/mol. The molecule has 0 fully saturated rings. The Balaban J connectivity index is 2.29. The lowest BCUT2D eigenvalue weighted by molar-refractivity contribution is -0.147. The van der Waals surface area contributed by atoms with Crippen molar-refractivity contribution in [3.8, 4) is 0 Å². The van der Waals surface area contributed by atoms with Crippen LogP contribution in [0.5, 0.6) is 0 Å². The summed E-state index contributed by atoms with van der Waals surface area (Å²) in [5.41, 5.74) is 6.49. The molecular formula is C11H16N2O3. The highest BCUT2D eigenvalue weighted by atomic mass is 16.6. The van der Waals surface area contributed by atoms with Crippen molar-refractivity contribution in [3.05, 3.63) is 35.9 Å². The maximum atomic E-state index is 11.4. The third-order valence-corrected chi connectivity index (χ3v) is 2.07. The second-order valence-corrected chi connectivity index (χ2v) is 3.36. The Kier molecular flexibility index (Phi) is 5.49. The van der Waals surface area contributed by atoms with Crippen LogP contribution in [-0.2, 0) is 21.0 Å². The maximum Gasteiger partial charge on any atom is 0.323 e. The zero-order valence-electron chi connectivity index (χ0n) is 8.96. The van der Waals surface area contributed by atoms with Gasteiger partial charge in [-0.05, 0) is 12.0 Å². The molecule has 0 spiro atoms. The van der Waals surface area contributed by atoms with Crippen LogP contribution in [0.4, 0.5) is 0 Å². The second kappa shape index (κ2) is 6.95. The molecule has 1 aromatic carbocycles. The molecule has 5 nitrogen and oxygen atoms in total. The van der Waals surface area contributed by atoms with E-state index in [1.54, 1.807) is 0 Å². The third kappa shape index (κ3) is 4.39. The van der Waals surface area contributed by atoms with Crippen LogP contribution in [-0.4, -0.2) is 18.6 Å². The summed E-state index contributed by atoms with van der Waals surface area (Å²) in [6.45, 7) is 0.471. The van der Waals surface area contributed by atoms with Gasteiger partial charge < -0.3 is 15.3 Å². The largest absolute Gasteiger partial charge is 0.460 e. The molecule has 0 amide bonds. The van der Waals surface area contributed by atoms with Crippen molar-refractivity contribution >= 4 is 5.97 Å². The number of nitrogens with two attached hydrogens (primary N) is 2. The van der Waals surface area contributed by atoms with Crippen molar-refractivity contribution in [2.45, 2.75) is 19.1 Å². The second-order valence-electron chi connectivity index (χ2n) is 3.36. The van der Waals surface area contributed by atoms with Crippen molar-refractivity contribution < 1.29 is 14.4 Å². The summed E-state index contributed by atoms with van der Waals surface area (Å²) in [6, 6.07) is 8.72. The van der Waals surface area contributed by atoms with Crippen LogP contribution in [0.1, 0.15) is 12.0 Å². The summed E-state index contributed by atoms with van der Waals surface area (Å²) in [5.74, 6) is 4.39. The van der Waals surface area contributed by atoms with E-state index in [9.17, 15) is 4.79 Å². The molecule has 0 bridgehead atoms. The summed E-state index contributed by atoms with van der Waals surface area (Å²) < 4.78 is 5.03. The van der Waals surface area contributed by atoms with Crippen LogP contribution >= 0.6 is 0 Å². The van der Waals surface area contributed by atoms with Crippen molar-refractivity contribution in [2.75, 3.05) is 6.61 Å². The van der Waals surface area contributed by atoms with Gasteiger partial charge in [0.2, 0.25) is 0 Å². The SMILES string of the molecule is NOCC[C@@H](N)C(=O)OCc1ccccc1. The van der Waals surface area contributed by atoms with Crippen molar-refractivity contribution in [1.29, 1.82) is 0 Å². The van der Waals surface area contributed by atoms with E-state index in [0.717, 1.165) is 5.56 Å². The van der Waals surface area contributed by atoms with Crippen LogP contribution < -0.4 is 11.6 Å². The number of hydrogen-bond acceptors (Lipinski definition) is 5. The number of esters is 1. The van der Waals surface area contributed by atoms with Crippen LogP contribution in [0.3, 0.4) is 0 Å². The van der Waals surface area contributed by atoms with E-state index in [4.69, 9.17) is 16.4 Å². The molecule has 0 saturated carbocycles. The Bertz CT molecular complexity index is 316. The van der Waals surface area contributed by atoms with Gasteiger partial charge in [0.1, 0.15) is 12.6 Å². The van der Waals surface area contributed by atoms with Gasteiger partial charge in [0, 0.05) is 0 Å². The molecule has 0 aliphatic rings. The maximum absolute atomic E-state index is 11.4. The minimum Gasteiger partial charge on any atom is -0.460 e. The van der Waals surface area contributed by atoms with Crippen LogP contribution in [0, 0.1) is 0 Å². The first-order valence-electron chi connectivity index (χ1n) is 5.02. The first kappa shape index (κ1) is 12.6. The van der Waals surface area contributed by atoms with Gasteiger partial charge in [-0.1, -0.05) is 30.3 Å². The Morgan fingerprint density at radius 3 is 2.62 bits per heavy atom. The van der Waals surface area contributed by atoms with Gasteiger partial charge >= 0.3 is 5.97 Å². The van der Waals surface area contributed by atoms with E-state index in [0.29, 0.717) is 6.42 Å². The fourth-order valence-corrected chi connectivity index (χ4v) is 1.15. The quantitative estimate of drug-likeness (QED) is 0.537. The van der Waals surface area contributed by atoms with E-state index < -0.39 is 12.0 Å². The molecule has 88 valence electrons. The number of hydrogen-bond donors (Lipinski definition) is 2. The number of carbonyl (C=O) groups is 1. The van der Waals surface area contributed by atoms with Gasteiger partial charge in [-0.2, -0.15) is 0 Å². The van der Waals surface area contributed by atoms with Gasteiger partial charge in [0.15, 0.2) is 0 Å². The fraction of sp³-hybridized carbons (Fsp3) is 0.364. The highest BCUT2D eigenvalue weighted by molar-refractivity contribution is 5.75. The van der Waals surface area contributed by atoms with Crippen LogP contribution in [0.15, 0.2) is 30.3 Å². The molecule has 0 unspecified atom stereocenters. The highest BCUT2D eigenvalue weighted by Crippen LogP contribution is 2.02. The first-order chi connectivity index (χ1) is 7.74. The lowest BCUT2D eigenvalue weighted by Crippen LogP contribution is -2.33. The lowest BCUT2D eigenvalue weighted by atomic mass is 10.2. The standard InChI is InChI=1S/C11H16N2O3/c12-10(6-7-16-13)11(14)15-8-9-4-2-1-3-5-9/h1-5,10H,6-8,12-13H2/t10-/m1/s1. The summed E-state index contributed by atoms with van der Waals surface area (Å²) in [4.78, 5) is 15.7. The van der Waals surface area contributed by atoms with E-state index >= 15 is 0 Å². The van der Waals surface area contributed by atoms with Gasteiger partial charge in [0.25, 0.3) is 0 Å². The van der Waals surface area contributed by atoms with Gasteiger partial charge in [0.05, 0.1) is 6.61 Å². The molecule has 0 heterocycles. The summed E-state index contributed by atoms with van der Waals surface area (Å²) in [5, 5.41) is 0. The molecule has 1 aromatic rings. The van der Waals surface area contributed by atoms with Crippen molar-refractivity contribution in [3.63, 3.8) is 0 Å². The molecular weight excluding hydrogens is 208 g/mol. The van der Waals surface area contributed by atoms with Crippen molar-refractivity contribution in [2.24, 2.45) is 11.6 Å². The topological polar surface area (TPSA) is 87.6 Å². The smallest absolute Gasteiger partial charge is 0.323 e. The van der Waals surface area contributed by atoms with Crippen molar-refractivity contribution in [1.82, 2.24) is 0 Å².